The molecule has 1 aliphatic heterocycles. The zero-order valence-corrected chi connectivity index (χ0v) is 15.5. The number of nitrogens with one attached hydrogen (secondary N) is 2. The molecule has 0 bridgehead atoms. The van der Waals surface area contributed by atoms with Crippen molar-refractivity contribution in [2.45, 2.75) is 31.2 Å². The van der Waals surface area contributed by atoms with E-state index in [0.717, 1.165) is 10.7 Å². The topological polar surface area (TPSA) is 78.5 Å². The summed E-state index contributed by atoms with van der Waals surface area (Å²) in [5.74, 6) is 0. The molecule has 0 spiro atoms. The van der Waals surface area contributed by atoms with Crippen molar-refractivity contribution in [1.29, 1.82) is 0 Å². The second-order valence-corrected chi connectivity index (χ2v) is 8.41. The summed E-state index contributed by atoms with van der Waals surface area (Å²) in [5.41, 5.74) is 2.82. The molecule has 2 amide bonds. The summed E-state index contributed by atoms with van der Waals surface area (Å²) in [5, 5.41) is 1.00. The molecule has 1 aromatic carbocycles. The summed E-state index contributed by atoms with van der Waals surface area (Å²) in [6.45, 7) is 5.27. The predicted molar refractivity (Wildman–Crippen MR) is 90.0 cm³/mol. The predicted octanol–water partition coefficient (Wildman–Crippen LogP) is 3.55. The molecule has 0 atom stereocenters. The Morgan fingerprint density at radius 1 is 1.22 bits per heavy atom. The zero-order valence-electron chi connectivity index (χ0n) is 12.4. The normalized spacial score (nSPS) is 16.8. The summed E-state index contributed by atoms with van der Waals surface area (Å²) in [7, 11) is -4.27. The number of carbonyl (C=O) groups excluding carboxylic acids is 1. The van der Waals surface area contributed by atoms with Crippen molar-refractivity contribution < 1.29 is 13.2 Å². The fourth-order valence-electron chi connectivity index (χ4n) is 2.26. The van der Waals surface area contributed by atoms with Crippen LogP contribution in [0, 0.1) is 0 Å². The van der Waals surface area contributed by atoms with E-state index in [2.05, 4.69) is 5.43 Å². The van der Waals surface area contributed by atoms with Crippen LogP contribution in [0.5, 0.6) is 0 Å². The fourth-order valence-corrected chi connectivity index (χ4v) is 4.74. The third-order valence-electron chi connectivity index (χ3n) is 3.09. The number of carbonyl (C=O) groups is 1. The Kier molecular flexibility index (Phi) is 4.79. The van der Waals surface area contributed by atoms with Gasteiger partial charge in [-0.05, 0) is 39.0 Å². The Bertz CT molecular complexity index is 783. The van der Waals surface area contributed by atoms with Gasteiger partial charge in [0.1, 0.15) is 4.90 Å². The Labute approximate surface area is 149 Å². The third-order valence-corrected chi connectivity index (χ3v) is 5.55. The molecular weight excluding hydrogens is 385 g/mol. The number of benzene rings is 1. The van der Waals surface area contributed by atoms with Crippen molar-refractivity contribution in [2.24, 2.45) is 0 Å². The maximum atomic E-state index is 12.4. The number of urea groups is 1. The largest absolute Gasteiger partial charge is 0.350 e. The number of hydrogen-bond donors (Lipinski definition) is 2. The second-order valence-electron chi connectivity index (χ2n) is 5.54. The van der Waals surface area contributed by atoms with E-state index in [-0.39, 0.29) is 15.1 Å². The van der Waals surface area contributed by atoms with Crippen LogP contribution in [0.2, 0.25) is 15.1 Å². The number of nitrogens with zero attached hydrogens (tertiary/aromatic N) is 1. The monoisotopic (exact) mass is 397 g/mol. The van der Waals surface area contributed by atoms with Crippen LogP contribution in [-0.2, 0) is 10.0 Å². The standard InChI is InChI=1S/C13H14Cl3N3O3S/c1-7-6-13(2,3)19(17-7)12(20)18-23(21,22)11-9(15)4-8(14)5-10(11)16/h4-6,17H,1-3H3,(H,18,20). The van der Waals surface area contributed by atoms with E-state index >= 15 is 0 Å². The molecule has 0 radical (unpaired) electrons. The SMILES string of the molecule is CC1=CC(C)(C)N(C(=O)NS(=O)(=O)c2c(Cl)cc(Cl)cc2Cl)N1. The van der Waals surface area contributed by atoms with Crippen molar-refractivity contribution in [3.63, 3.8) is 0 Å². The number of allylic oxidation sites excluding steroid dienone is 1. The van der Waals surface area contributed by atoms with Crippen LogP contribution in [0.4, 0.5) is 4.79 Å². The maximum absolute atomic E-state index is 12.4. The molecule has 0 aromatic heterocycles. The maximum Gasteiger partial charge on any atom is 0.350 e. The van der Waals surface area contributed by atoms with Gasteiger partial charge in [0.25, 0.3) is 10.0 Å². The highest BCUT2D eigenvalue weighted by molar-refractivity contribution is 7.90. The van der Waals surface area contributed by atoms with Crippen LogP contribution in [0.3, 0.4) is 0 Å². The quantitative estimate of drug-likeness (QED) is 0.798. The Hall–Kier alpha value is -1.15. The van der Waals surface area contributed by atoms with E-state index in [1.807, 2.05) is 4.72 Å². The average molecular weight is 399 g/mol. The Morgan fingerprint density at radius 3 is 2.17 bits per heavy atom. The molecule has 6 nitrogen and oxygen atoms in total. The minimum Gasteiger partial charge on any atom is -0.298 e. The van der Waals surface area contributed by atoms with E-state index in [4.69, 9.17) is 34.8 Å². The van der Waals surface area contributed by atoms with Crippen molar-refractivity contribution in [3.05, 3.63) is 39.0 Å². The highest BCUT2D eigenvalue weighted by Gasteiger charge is 2.37. The number of hydrazine groups is 1. The zero-order chi connectivity index (χ0) is 17.6. The van der Waals surface area contributed by atoms with Gasteiger partial charge in [-0.1, -0.05) is 34.8 Å². The van der Waals surface area contributed by atoms with E-state index in [0.29, 0.717) is 0 Å². The molecule has 0 fully saturated rings. The molecule has 2 rings (SSSR count). The van der Waals surface area contributed by atoms with Gasteiger partial charge in [-0.25, -0.2) is 22.9 Å². The lowest BCUT2D eigenvalue weighted by atomic mass is 10.1. The van der Waals surface area contributed by atoms with Crippen LogP contribution in [0.1, 0.15) is 20.8 Å². The van der Waals surface area contributed by atoms with E-state index < -0.39 is 26.5 Å². The third kappa shape index (κ3) is 3.68. The van der Waals surface area contributed by atoms with Gasteiger partial charge in [0, 0.05) is 10.7 Å². The molecule has 1 aromatic rings. The van der Waals surface area contributed by atoms with Gasteiger partial charge in [-0.3, -0.25) is 5.43 Å². The van der Waals surface area contributed by atoms with Crippen molar-refractivity contribution in [1.82, 2.24) is 15.2 Å². The van der Waals surface area contributed by atoms with Crippen molar-refractivity contribution in [3.8, 4) is 0 Å². The average Bonchev–Trinajstić information content (AvgIpc) is 2.59. The first-order valence-electron chi connectivity index (χ1n) is 6.42. The molecule has 2 N–H and O–H groups in total. The lowest BCUT2D eigenvalue weighted by Crippen LogP contribution is -2.54. The molecule has 0 saturated heterocycles. The van der Waals surface area contributed by atoms with Crippen LogP contribution in [0.15, 0.2) is 28.8 Å². The summed E-state index contributed by atoms with van der Waals surface area (Å²) >= 11 is 17.6. The summed E-state index contributed by atoms with van der Waals surface area (Å²) in [4.78, 5) is 11.9. The van der Waals surface area contributed by atoms with Crippen molar-refractivity contribution >= 4 is 50.9 Å². The van der Waals surface area contributed by atoms with E-state index in [1.54, 1.807) is 26.8 Å². The van der Waals surface area contributed by atoms with Crippen molar-refractivity contribution in [2.75, 3.05) is 0 Å². The van der Waals surface area contributed by atoms with Gasteiger partial charge in [0.2, 0.25) is 0 Å². The summed E-state index contributed by atoms with van der Waals surface area (Å²) in [6, 6.07) is 1.61. The van der Waals surface area contributed by atoms with Crippen LogP contribution in [0.25, 0.3) is 0 Å². The number of hydrogen-bond acceptors (Lipinski definition) is 4. The van der Waals surface area contributed by atoms with Gasteiger partial charge in [-0.2, -0.15) is 0 Å². The smallest absolute Gasteiger partial charge is 0.298 e. The molecule has 0 aliphatic carbocycles. The fraction of sp³-hybridized carbons (Fsp3) is 0.308. The molecule has 1 aliphatic rings. The molecule has 0 unspecified atom stereocenters. The minimum atomic E-state index is -4.27. The molecule has 126 valence electrons. The molecule has 0 saturated carbocycles. The number of sulfonamides is 1. The molecule has 1 heterocycles. The van der Waals surface area contributed by atoms with Gasteiger partial charge < -0.3 is 0 Å². The Balaban J connectivity index is 2.32. The number of halogens is 3. The highest BCUT2D eigenvalue weighted by atomic mass is 35.5. The van der Waals surface area contributed by atoms with Gasteiger partial charge in [-0.15, -0.1) is 0 Å². The number of rotatable bonds is 2. The lowest BCUT2D eigenvalue weighted by Gasteiger charge is -2.30. The van der Waals surface area contributed by atoms with Gasteiger partial charge in [0.05, 0.1) is 15.6 Å². The first kappa shape index (κ1) is 18.2. The first-order valence-corrected chi connectivity index (χ1v) is 9.03. The minimum absolute atomic E-state index is 0.175. The van der Waals surface area contributed by atoms with E-state index in [1.165, 1.54) is 12.1 Å². The highest BCUT2D eigenvalue weighted by Crippen LogP contribution is 2.33. The Morgan fingerprint density at radius 2 is 1.74 bits per heavy atom. The van der Waals surface area contributed by atoms with Gasteiger partial charge >= 0.3 is 6.03 Å². The first-order chi connectivity index (χ1) is 10.4. The van der Waals surface area contributed by atoms with Crippen LogP contribution in [-0.4, -0.2) is 25.0 Å². The second kappa shape index (κ2) is 6.05. The molecular formula is C13H14Cl3N3O3S. The molecule has 10 heteroatoms. The lowest BCUT2D eigenvalue weighted by molar-refractivity contribution is 0.150. The van der Waals surface area contributed by atoms with Crippen LogP contribution >= 0.6 is 34.8 Å². The molecule has 23 heavy (non-hydrogen) atoms. The van der Waals surface area contributed by atoms with Crippen LogP contribution < -0.4 is 10.1 Å². The number of amides is 2. The van der Waals surface area contributed by atoms with E-state index in [9.17, 15) is 13.2 Å². The summed E-state index contributed by atoms with van der Waals surface area (Å²) < 4.78 is 26.8. The summed E-state index contributed by atoms with van der Waals surface area (Å²) in [6.07, 6.45) is 1.79. The van der Waals surface area contributed by atoms with Gasteiger partial charge in [0.15, 0.2) is 0 Å².